The van der Waals surface area contributed by atoms with Crippen LogP contribution in [0.15, 0.2) is 48.5 Å². The first-order valence-electron chi connectivity index (χ1n) is 6.78. The number of thioether (sulfide) groups is 1. The molecule has 0 heterocycles. The van der Waals surface area contributed by atoms with Crippen LogP contribution < -0.4 is 5.32 Å². The Morgan fingerprint density at radius 3 is 2.45 bits per heavy atom. The van der Waals surface area contributed by atoms with Gasteiger partial charge in [0, 0.05) is 11.3 Å². The van der Waals surface area contributed by atoms with Gasteiger partial charge in [-0.25, -0.2) is 4.39 Å². The van der Waals surface area contributed by atoms with E-state index in [0.29, 0.717) is 17.0 Å². The van der Waals surface area contributed by atoms with Gasteiger partial charge in [0.15, 0.2) is 5.78 Å². The number of carbonyl (C=O) groups excluding carboxylic acids is 2. The van der Waals surface area contributed by atoms with E-state index in [1.807, 2.05) is 0 Å². The summed E-state index contributed by atoms with van der Waals surface area (Å²) < 4.78 is 12.8. The van der Waals surface area contributed by atoms with Crippen LogP contribution in [0, 0.1) is 5.82 Å². The van der Waals surface area contributed by atoms with E-state index in [2.05, 4.69) is 5.32 Å². The molecule has 1 N–H and O–H groups in total. The van der Waals surface area contributed by atoms with Crippen molar-refractivity contribution in [3.05, 3.63) is 65.5 Å². The highest BCUT2D eigenvalue weighted by Gasteiger charge is 2.09. The Morgan fingerprint density at radius 2 is 1.77 bits per heavy atom. The van der Waals surface area contributed by atoms with E-state index in [9.17, 15) is 14.0 Å². The Labute approximate surface area is 132 Å². The highest BCUT2D eigenvalue weighted by Crippen LogP contribution is 2.17. The summed E-state index contributed by atoms with van der Waals surface area (Å²) in [6.07, 6.45) is 0. The molecule has 22 heavy (non-hydrogen) atoms. The summed E-state index contributed by atoms with van der Waals surface area (Å²) in [6.45, 7) is 1.47. The molecule has 5 heteroatoms. The lowest BCUT2D eigenvalue weighted by Gasteiger charge is -2.08. The molecule has 0 unspecified atom stereocenters. The molecule has 3 nitrogen and oxygen atoms in total. The van der Waals surface area contributed by atoms with Gasteiger partial charge in [-0.05, 0) is 36.8 Å². The zero-order chi connectivity index (χ0) is 15.9. The third-order valence-electron chi connectivity index (χ3n) is 3.00. The van der Waals surface area contributed by atoms with Gasteiger partial charge < -0.3 is 5.32 Å². The number of anilines is 1. The minimum absolute atomic E-state index is 0.0881. The average Bonchev–Trinajstić information content (AvgIpc) is 2.49. The molecule has 0 saturated carbocycles. The molecule has 1 amide bonds. The second kappa shape index (κ2) is 7.75. The van der Waals surface area contributed by atoms with Crippen LogP contribution in [0.25, 0.3) is 0 Å². The van der Waals surface area contributed by atoms with Crippen molar-refractivity contribution in [2.75, 3.05) is 11.1 Å². The summed E-state index contributed by atoms with van der Waals surface area (Å²) in [5.74, 6) is 0.370. The molecule has 0 spiro atoms. The summed E-state index contributed by atoms with van der Waals surface area (Å²) in [7, 11) is 0. The van der Waals surface area contributed by atoms with Crippen LogP contribution in [-0.2, 0) is 10.5 Å². The van der Waals surface area contributed by atoms with E-state index in [1.165, 1.54) is 30.8 Å². The summed E-state index contributed by atoms with van der Waals surface area (Å²) in [5, 5.41) is 2.75. The van der Waals surface area contributed by atoms with Crippen molar-refractivity contribution in [3.8, 4) is 0 Å². The number of halogens is 1. The predicted molar refractivity (Wildman–Crippen MR) is 87.6 cm³/mol. The number of benzene rings is 2. The quantitative estimate of drug-likeness (QED) is 0.822. The van der Waals surface area contributed by atoms with E-state index in [1.54, 1.807) is 36.4 Å². The minimum Gasteiger partial charge on any atom is -0.325 e. The largest absolute Gasteiger partial charge is 0.325 e. The maximum atomic E-state index is 12.8. The van der Waals surface area contributed by atoms with Crippen molar-refractivity contribution in [3.63, 3.8) is 0 Å². The van der Waals surface area contributed by atoms with Crippen molar-refractivity contribution < 1.29 is 14.0 Å². The van der Waals surface area contributed by atoms with Crippen molar-refractivity contribution in [2.24, 2.45) is 0 Å². The van der Waals surface area contributed by atoms with Gasteiger partial charge in [0.05, 0.1) is 11.4 Å². The maximum Gasteiger partial charge on any atom is 0.234 e. The molecule has 0 fully saturated rings. The molecule has 0 atom stereocenters. The molecule has 2 aromatic rings. The first-order valence-corrected chi connectivity index (χ1v) is 7.94. The van der Waals surface area contributed by atoms with Crippen molar-refractivity contribution >= 4 is 29.1 Å². The van der Waals surface area contributed by atoms with Crippen LogP contribution in [0.3, 0.4) is 0 Å². The van der Waals surface area contributed by atoms with Crippen molar-refractivity contribution in [1.82, 2.24) is 0 Å². The number of ketones is 1. The number of para-hydroxylation sites is 1. The topological polar surface area (TPSA) is 46.2 Å². The lowest BCUT2D eigenvalue weighted by Crippen LogP contribution is -2.16. The van der Waals surface area contributed by atoms with Crippen molar-refractivity contribution in [1.29, 1.82) is 0 Å². The zero-order valence-corrected chi connectivity index (χ0v) is 13.0. The summed E-state index contributed by atoms with van der Waals surface area (Å²) in [6, 6.07) is 13.1. The summed E-state index contributed by atoms with van der Waals surface area (Å²) in [4.78, 5) is 23.4. The Bertz CT molecular complexity index is 671. The minimum atomic E-state index is -0.271. The molecule has 0 aliphatic rings. The van der Waals surface area contributed by atoms with Gasteiger partial charge in [-0.15, -0.1) is 11.8 Å². The highest BCUT2D eigenvalue weighted by atomic mass is 32.2. The van der Waals surface area contributed by atoms with Gasteiger partial charge in [0.1, 0.15) is 5.82 Å². The summed E-state index contributed by atoms with van der Waals surface area (Å²) >= 11 is 1.43. The fourth-order valence-corrected chi connectivity index (χ4v) is 2.72. The van der Waals surface area contributed by atoms with E-state index < -0.39 is 0 Å². The van der Waals surface area contributed by atoms with Crippen LogP contribution in [0.1, 0.15) is 22.8 Å². The number of hydrogen-bond acceptors (Lipinski definition) is 3. The molecule has 114 valence electrons. The zero-order valence-electron chi connectivity index (χ0n) is 12.1. The fraction of sp³-hybridized carbons (Fsp3) is 0.176. The molecular weight excluding hydrogens is 301 g/mol. The fourth-order valence-electron chi connectivity index (χ4n) is 1.93. The standard InChI is InChI=1S/C17H16FNO2S/c1-12(20)15-4-2-3-5-16(15)19-17(21)11-22-10-13-6-8-14(18)9-7-13/h2-9H,10-11H2,1H3,(H,19,21). The second-order valence-corrected chi connectivity index (χ2v) is 5.75. The molecule has 0 saturated heterocycles. The lowest BCUT2D eigenvalue weighted by molar-refractivity contribution is -0.113. The van der Waals surface area contributed by atoms with E-state index >= 15 is 0 Å². The molecule has 2 rings (SSSR count). The number of Topliss-reactive ketones (excluding diaryl/α,β-unsaturated/α-hetero) is 1. The predicted octanol–water partition coefficient (Wildman–Crippen LogP) is 3.90. The van der Waals surface area contributed by atoms with Crippen LogP contribution in [0.2, 0.25) is 0 Å². The average molecular weight is 317 g/mol. The van der Waals surface area contributed by atoms with Gasteiger partial charge in [0.2, 0.25) is 5.91 Å². The summed E-state index contributed by atoms with van der Waals surface area (Å²) in [5.41, 5.74) is 1.99. The molecule has 0 bridgehead atoms. The number of amides is 1. The first kappa shape index (κ1) is 16.2. The van der Waals surface area contributed by atoms with E-state index in [-0.39, 0.29) is 23.3 Å². The van der Waals surface area contributed by atoms with Gasteiger partial charge in [0.25, 0.3) is 0 Å². The Balaban J connectivity index is 1.86. The Hall–Kier alpha value is -2.14. The molecular formula is C17H16FNO2S. The SMILES string of the molecule is CC(=O)c1ccccc1NC(=O)CSCc1ccc(F)cc1. The third kappa shape index (κ3) is 4.70. The second-order valence-electron chi connectivity index (χ2n) is 4.77. The molecule has 0 radical (unpaired) electrons. The lowest BCUT2D eigenvalue weighted by atomic mass is 10.1. The maximum absolute atomic E-state index is 12.8. The monoisotopic (exact) mass is 317 g/mol. The Kier molecular flexibility index (Phi) is 5.72. The molecule has 0 aromatic heterocycles. The van der Waals surface area contributed by atoms with Crippen molar-refractivity contribution in [2.45, 2.75) is 12.7 Å². The van der Waals surface area contributed by atoms with Gasteiger partial charge in [-0.2, -0.15) is 0 Å². The number of rotatable bonds is 6. The molecule has 2 aromatic carbocycles. The molecule has 0 aliphatic carbocycles. The van der Waals surface area contributed by atoms with E-state index in [4.69, 9.17) is 0 Å². The van der Waals surface area contributed by atoms with Gasteiger partial charge in [-0.1, -0.05) is 24.3 Å². The van der Waals surface area contributed by atoms with Gasteiger partial charge in [-0.3, -0.25) is 9.59 Å². The third-order valence-corrected chi connectivity index (χ3v) is 4.00. The number of hydrogen-bond donors (Lipinski definition) is 1. The van der Waals surface area contributed by atoms with Crippen LogP contribution in [-0.4, -0.2) is 17.4 Å². The smallest absolute Gasteiger partial charge is 0.234 e. The highest BCUT2D eigenvalue weighted by molar-refractivity contribution is 7.99. The molecule has 0 aliphatic heterocycles. The number of carbonyl (C=O) groups is 2. The van der Waals surface area contributed by atoms with Gasteiger partial charge >= 0.3 is 0 Å². The number of nitrogens with one attached hydrogen (secondary N) is 1. The van der Waals surface area contributed by atoms with Crippen LogP contribution in [0.5, 0.6) is 0 Å². The van der Waals surface area contributed by atoms with Crippen LogP contribution in [0.4, 0.5) is 10.1 Å². The Morgan fingerprint density at radius 1 is 1.09 bits per heavy atom. The normalized spacial score (nSPS) is 10.3. The van der Waals surface area contributed by atoms with E-state index in [0.717, 1.165) is 5.56 Å². The first-order chi connectivity index (χ1) is 10.6. The van der Waals surface area contributed by atoms with Crippen LogP contribution >= 0.6 is 11.8 Å².